The zero-order valence-corrected chi connectivity index (χ0v) is 22.0. The molecule has 1 aromatic rings. The molecule has 0 aromatic carbocycles. The van der Waals surface area contributed by atoms with Crippen molar-refractivity contribution in [3.63, 3.8) is 0 Å². The first-order chi connectivity index (χ1) is 14.7. The van der Waals surface area contributed by atoms with Gasteiger partial charge in [-0.05, 0) is 60.2 Å². The number of thiol groups is 1. The number of hydrogen-bond acceptors (Lipinski definition) is 10. The van der Waals surface area contributed by atoms with Crippen LogP contribution < -0.4 is 10.6 Å². The van der Waals surface area contributed by atoms with Crippen LogP contribution in [0.25, 0.3) is 0 Å². The summed E-state index contributed by atoms with van der Waals surface area (Å²) in [7, 11) is -1.77. The van der Waals surface area contributed by atoms with Crippen LogP contribution in [0, 0.1) is 5.92 Å². The predicted molar refractivity (Wildman–Crippen MR) is 136 cm³/mol. The zero-order chi connectivity index (χ0) is 23.1. The van der Waals surface area contributed by atoms with Crippen molar-refractivity contribution in [1.82, 2.24) is 10.6 Å². The van der Waals surface area contributed by atoms with E-state index in [1.165, 1.54) is 10.8 Å². The second kappa shape index (κ2) is 16.2. The topological polar surface area (TPSA) is 102 Å². The minimum absolute atomic E-state index is 0.00163. The van der Waals surface area contributed by atoms with E-state index in [2.05, 4.69) is 28.6 Å². The largest absolute Gasteiger partial charge is 0.465 e. The number of carbonyl (C=O) groups excluding carboxylic acids is 2. The molecule has 2 atom stereocenters. The van der Waals surface area contributed by atoms with Crippen LogP contribution in [0.1, 0.15) is 24.8 Å². The van der Waals surface area contributed by atoms with E-state index in [1.807, 2.05) is 16.8 Å². The second-order valence-electron chi connectivity index (χ2n) is 7.05. The number of amides is 1. The fourth-order valence-corrected chi connectivity index (χ4v) is 5.18. The molecule has 0 bridgehead atoms. The molecule has 0 fully saturated rings. The number of thiophene rings is 1. The summed E-state index contributed by atoms with van der Waals surface area (Å²) in [5, 5.41) is 10.3. The third-order valence-electron chi connectivity index (χ3n) is 4.30. The highest BCUT2D eigenvalue weighted by atomic mass is 33.1. The first-order valence-electron chi connectivity index (χ1n) is 9.89. The van der Waals surface area contributed by atoms with Gasteiger partial charge in [0.05, 0.1) is 17.5 Å². The Labute approximate surface area is 203 Å². The van der Waals surface area contributed by atoms with Crippen molar-refractivity contribution in [3.8, 4) is 0 Å². The predicted octanol–water partition coefficient (Wildman–Crippen LogP) is 2.64. The molecule has 1 amide bonds. The highest BCUT2D eigenvalue weighted by Gasteiger charge is 2.23. The van der Waals surface area contributed by atoms with E-state index in [9.17, 15) is 18.0 Å². The maximum Gasteiger partial charge on any atom is 0.307 e. The van der Waals surface area contributed by atoms with Gasteiger partial charge < -0.3 is 15.4 Å². The summed E-state index contributed by atoms with van der Waals surface area (Å²) in [4.78, 5) is 24.6. The summed E-state index contributed by atoms with van der Waals surface area (Å²) in [5.41, 5.74) is 1.11. The lowest BCUT2D eigenvalue weighted by Crippen LogP contribution is -2.38. The van der Waals surface area contributed by atoms with Gasteiger partial charge in [-0.2, -0.15) is 23.1 Å². The average molecular weight is 529 g/mol. The Morgan fingerprint density at radius 1 is 1.32 bits per heavy atom. The van der Waals surface area contributed by atoms with Gasteiger partial charge in [-0.25, -0.2) is 8.42 Å². The summed E-state index contributed by atoms with van der Waals surface area (Å²) in [5.74, 6) is -0.0315. The molecule has 1 rings (SSSR count). The molecular formula is C19H32N2O5S5. The van der Waals surface area contributed by atoms with E-state index in [0.29, 0.717) is 12.8 Å². The Balaban J connectivity index is 2.52. The molecule has 0 saturated heterocycles. The van der Waals surface area contributed by atoms with Gasteiger partial charge in [0.1, 0.15) is 6.61 Å². The Morgan fingerprint density at radius 3 is 2.71 bits per heavy atom. The maximum absolute atomic E-state index is 12.8. The molecule has 0 radical (unpaired) electrons. The molecule has 178 valence electrons. The molecule has 2 unspecified atom stereocenters. The summed E-state index contributed by atoms with van der Waals surface area (Å²) in [6, 6.07) is 2.01. The van der Waals surface area contributed by atoms with Gasteiger partial charge in [0.2, 0.25) is 5.91 Å². The van der Waals surface area contributed by atoms with Crippen LogP contribution in [-0.4, -0.2) is 69.4 Å². The molecule has 12 heteroatoms. The molecule has 0 spiro atoms. The van der Waals surface area contributed by atoms with Crippen LogP contribution in [0.3, 0.4) is 0 Å². The van der Waals surface area contributed by atoms with E-state index in [4.69, 9.17) is 4.74 Å². The number of carbonyl (C=O) groups is 2. The average Bonchev–Trinajstić information content (AvgIpc) is 3.21. The Morgan fingerprint density at radius 2 is 2.10 bits per heavy atom. The fourth-order valence-electron chi connectivity index (χ4n) is 2.69. The van der Waals surface area contributed by atoms with Gasteiger partial charge in [-0.15, -0.1) is 11.7 Å². The number of rotatable bonds is 17. The normalized spacial score (nSPS) is 13.5. The number of thioether (sulfide) groups is 1. The summed E-state index contributed by atoms with van der Waals surface area (Å²) >= 11 is 7.76. The van der Waals surface area contributed by atoms with E-state index in [1.54, 1.807) is 23.1 Å². The van der Waals surface area contributed by atoms with Crippen molar-refractivity contribution in [3.05, 3.63) is 22.4 Å². The first-order valence-corrected chi connectivity index (χ1v) is 16.2. The quantitative estimate of drug-likeness (QED) is 0.0933. The Hall–Kier alpha value is -0.400. The minimum Gasteiger partial charge on any atom is -0.465 e. The van der Waals surface area contributed by atoms with Crippen molar-refractivity contribution < 1.29 is 22.7 Å². The highest BCUT2D eigenvalue weighted by molar-refractivity contribution is 8.68. The van der Waals surface area contributed by atoms with Crippen molar-refractivity contribution >= 4 is 67.3 Å². The summed E-state index contributed by atoms with van der Waals surface area (Å²) < 4.78 is 27.0. The third-order valence-corrected chi connectivity index (χ3v) is 8.02. The third kappa shape index (κ3) is 14.4. The minimum atomic E-state index is -3.18. The van der Waals surface area contributed by atoms with Gasteiger partial charge in [0.15, 0.2) is 9.84 Å². The van der Waals surface area contributed by atoms with Gasteiger partial charge in [0.25, 0.3) is 0 Å². The maximum atomic E-state index is 12.8. The standard InChI is InChI=1S/C19H32N2O5S5/c1-28-9-3-6-20-17(30-27)13-16(12-15-5-10-29-14-15)19(23)21-7-4-18(22)26-8-11-31(2,24)25/h5,10,14,16-17,20,27H,3-4,6-9,11-13H2,1-2H3,(H,21,23). The van der Waals surface area contributed by atoms with E-state index in [-0.39, 0.29) is 42.5 Å². The Kier molecular flexibility index (Phi) is 15.0. The lowest BCUT2D eigenvalue weighted by atomic mass is 9.96. The van der Waals surface area contributed by atoms with Crippen LogP contribution in [0.5, 0.6) is 0 Å². The number of ether oxygens (including phenoxy) is 1. The van der Waals surface area contributed by atoms with E-state index < -0.39 is 15.8 Å². The molecule has 0 saturated carbocycles. The molecule has 1 aromatic heterocycles. The lowest BCUT2D eigenvalue weighted by Gasteiger charge is -2.22. The van der Waals surface area contributed by atoms with Gasteiger partial charge in [-0.3, -0.25) is 9.59 Å². The van der Waals surface area contributed by atoms with Crippen molar-refractivity contribution in [1.29, 1.82) is 0 Å². The van der Waals surface area contributed by atoms with Crippen molar-refractivity contribution in [2.75, 3.05) is 43.7 Å². The first kappa shape index (κ1) is 28.6. The molecule has 1 heterocycles. The SMILES string of the molecule is CSCCCNC(CC(Cc1ccsc1)C(=O)NCCC(=O)OCCS(C)(=O)=O)SS. The zero-order valence-electron chi connectivity index (χ0n) is 17.9. The second-order valence-corrected chi connectivity index (χ2v) is 12.5. The lowest BCUT2D eigenvalue weighted by molar-refractivity contribution is -0.142. The molecule has 7 nitrogen and oxygen atoms in total. The Bertz CT molecular complexity index is 743. The number of nitrogens with one attached hydrogen (secondary N) is 2. The summed E-state index contributed by atoms with van der Waals surface area (Å²) in [6.45, 7) is 0.844. The molecular weight excluding hydrogens is 497 g/mol. The smallest absolute Gasteiger partial charge is 0.307 e. The van der Waals surface area contributed by atoms with Crippen molar-refractivity contribution in [2.45, 2.75) is 31.1 Å². The van der Waals surface area contributed by atoms with Gasteiger partial charge >= 0.3 is 5.97 Å². The summed E-state index contributed by atoms with van der Waals surface area (Å²) in [6.07, 6.45) is 5.45. The molecule has 2 N–H and O–H groups in total. The van der Waals surface area contributed by atoms with Gasteiger partial charge in [-0.1, -0.05) is 10.8 Å². The number of hydrogen-bond donors (Lipinski definition) is 3. The molecule has 0 aliphatic carbocycles. The van der Waals surface area contributed by atoms with Crippen LogP contribution in [0.2, 0.25) is 0 Å². The van der Waals surface area contributed by atoms with E-state index >= 15 is 0 Å². The van der Waals surface area contributed by atoms with Crippen LogP contribution in [0.4, 0.5) is 0 Å². The van der Waals surface area contributed by atoms with E-state index in [0.717, 1.165) is 30.5 Å². The monoisotopic (exact) mass is 528 g/mol. The highest BCUT2D eigenvalue weighted by Crippen LogP contribution is 2.24. The molecule has 0 aliphatic heterocycles. The van der Waals surface area contributed by atoms with Crippen molar-refractivity contribution in [2.24, 2.45) is 5.92 Å². The number of sulfone groups is 1. The van der Waals surface area contributed by atoms with Crippen LogP contribution in [0.15, 0.2) is 16.8 Å². The van der Waals surface area contributed by atoms with Crippen LogP contribution >= 0.6 is 45.6 Å². The van der Waals surface area contributed by atoms with Crippen LogP contribution in [-0.2, 0) is 30.6 Å². The molecule has 31 heavy (non-hydrogen) atoms. The molecule has 0 aliphatic rings. The van der Waals surface area contributed by atoms with Gasteiger partial charge in [0, 0.05) is 18.7 Å². The fraction of sp³-hybridized carbons (Fsp3) is 0.684. The number of esters is 1.